The minimum atomic E-state index is -2.59. The number of nitrogens with zero attached hydrogens (tertiary/aromatic N) is 2. The number of aryl methyl sites for hydroxylation is 1. The second-order valence-electron chi connectivity index (χ2n) is 4.28. The predicted molar refractivity (Wildman–Crippen MR) is 50.4 cm³/mol. The van der Waals surface area contributed by atoms with Crippen molar-refractivity contribution in [3.05, 3.63) is 23.3 Å². The summed E-state index contributed by atoms with van der Waals surface area (Å²) in [5, 5.41) is 0. The lowest BCUT2D eigenvalue weighted by molar-refractivity contribution is 0.140. The lowest BCUT2D eigenvalue weighted by Crippen LogP contribution is -2.15. The van der Waals surface area contributed by atoms with E-state index >= 15 is 0 Å². The molecular weight excluding hydrogens is 186 g/mol. The summed E-state index contributed by atoms with van der Waals surface area (Å²) in [6, 6.07) is 0. The molecule has 0 spiro atoms. The van der Waals surface area contributed by atoms with Gasteiger partial charge in [0.15, 0.2) is 5.82 Å². The van der Waals surface area contributed by atoms with E-state index in [2.05, 4.69) is 9.97 Å². The van der Waals surface area contributed by atoms with E-state index in [1.807, 2.05) is 20.8 Å². The SMILES string of the molecule is Cc1nc(C(F)F)ncc1C(C)(C)C. The van der Waals surface area contributed by atoms with Crippen molar-refractivity contribution in [2.24, 2.45) is 0 Å². The highest BCUT2D eigenvalue weighted by atomic mass is 19.3. The minimum Gasteiger partial charge on any atom is -0.236 e. The summed E-state index contributed by atoms with van der Waals surface area (Å²) in [6.07, 6.45) is -1.10. The molecule has 0 saturated carbocycles. The maximum Gasteiger partial charge on any atom is 0.297 e. The fourth-order valence-corrected chi connectivity index (χ4v) is 1.33. The molecule has 1 aromatic heterocycles. The van der Waals surface area contributed by atoms with E-state index in [4.69, 9.17) is 0 Å². The van der Waals surface area contributed by atoms with Gasteiger partial charge in [-0.15, -0.1) is 0 Å². The van der Waals surface area contributed by atoms with Gasteiger partial charge in [-0.2, -0.15) is 0 Å². The van der Waals surface area contributed by atoms with Gasteiger partial charge in [0.25, 0.3) is 6.43 Å². The molecule has 0 radical (unpaired) electrons. The molecule has 0 saturated heterocycles. The maximum atomic E-state index is 12.3. The highest BCUT2D eigenvalue weighted by Gasteiger charge is 2.19. The van der Waals surface area contributed by atoms with E-state index in [-0.39, 0.29) is 5.41 Å². The van der Waals surface area contributed by atoms with Crippen molar-refractivity contribution in [3.63, 3.8) is 0 Å². The molecule has 0 aromatic carbocycles. The molecule has 1 aromatic rings. The summed E-state index contributed by atoms with van der Waals surface area (Å²) in [5.41, 5.74) is 1.43. The second kappa shape index (κ2) is 3.59. The quantitative estimate of drug-likeness (QED) is 0.696. The number of hydrogen-bond acceptors (Lipinski definition) is 2. The Hall–Kier alpha value is -1.06. The van der Waals surface area contributed by atoms with Gasteiger partial charge in [0.1, 0.15) is 0 Å². The van der Waals surface area contributed by atoms with E-state index < -0.39 is 12.2 Å². The van der Waals surface area contributed by atoms with Crippen molar-refractivity contribution in [1.29, 1.82) is 0 Å². The van der Waals surface area contributed by atoms with Crippen LogP contribution < -0.4 is 0 Å². The monoisotopic (exact) mass is 200 g/mol. The molecule has 0 N–H and O–H groups in total. The molecule has 1 rings (SSSR count). The molecule has 4 heteroatoms. The third-order valence-electron chi connectivity index (χ3n) is 2.00. The Bertz CT molecular complexity index is 329. The first-order valence-corrected chi connectivity index (χ1v) is 4.44. The maximum absolute atomic E-state index is 12.3. The Kier molecular flexibility index (Phi) is 2.83. The van der Waals surface area contributed by atoms with Crippen molar-refractivity contribution in [3.8, 4) is 0 Å². The molecule has 2 nitrogen and oxygen atoms in total. The zero-order valence-corrected chi connectivity index (χ0v) is 8.81. The van der Waals surface area contributed by atoms with Crippen LogP contribution in [0.4, 0.5) is 8.78 Å². The van der Waals surface area contributed by atoms with Crippen LogP contribution in [0.5, 0.6) is 0 Å². The summed E-state index contributed by atoms with van der Waals surface area (Å²) in [4.78, 5) is 7.42. The fourth-order valence-electron chi connectivity index (χ4n) is 1.33. The van der Waals surface area contributed by atoms with Gasteiger partial charge in [-0.3, -0.25) is 0 Å². The lowest BCUT2D eigenvalue weighted by Gasteiger charge is -2.20. The Labute approximate surface area is 82.4 Å². The first-order chi connectivity index (χ1) is 6.32. The minimum absolute atomic E-state index is 0.106. The topological polar surface area (TPSA) is 25.8 Å². The highest BCUT2D eigenvalue weighted by Crippen LogP contribution is 2.25. The van der Waals surface area contributed by atoms with Crippen molar-refractivity contribution < 1.29 is 8.78 Å². The molecule has 0 bridgehead atoms. The summed E-state index contributed by atoms with van der Waals surface area (Å²) in [5.74, 6) is -0.393. The Morgan fingerprint density at radius 1 is 1.29 bits per heavy atom. The molecule has 0 aliphatic heterocycles. The predicted octanol–water partition coefficient (Wildman–Crippen LogP) is 3.02. The van der Waals surface area contributed by atoms with Gasteiger partial charge in [0, 0.05) is 11.9 Å². The Balaban J connectivity index is 3.15. The summed E-state index contributed by atoms with van der Waals surface area (Å²) in [7, 11) is 0. The van der Waals surface area contributed by atoms with Crippen molar-refractivity contribution >= 4 is 0 Å². The first kappa shape index (κ1) is 11.0. The van der Waals surface area contributed by atoms with Crippen molar-refractivity contribution in [2.75, 3.05) is 0 Å². The molecule has 0 fully saturated rings. The van der Waals surface area contributed by atoms with Crippen LogP contribution in [0, 0.1) is 6.92 Å². The van der Waals surface area contributed by atoms with Crippen LogP contribution in [-0.4, -0.2) is 9.97 Å². The number of rotatable bonds is 1. The van der Waals surface area contributed by atoms with Gasteiger partial charge in [-0.1, -0.05) is 20.8 Å². The zero-order valence-electron chi connectivity index (χ0n) is 8.81. The molecule has 14 heavy (non-hydrogen) atoms. The second-order valence-corrected chi connectivity index (χ2v) is 4.28. The highest BCUT2D eigenvalue weighted by molar-refractivity contribution is 5.24. The van der Waals surface area contributed by atoms with Crippen LogP contribution in [0.1, 0.15) is 44.3 Å². The van der Waals surface area contributed by atoms with E-state index in [1.54, 1.807) is 6.92 Å². The molecule has 0 aliphatic carbocycles. The van der Waals surface area contributed by atoms with Gasteiger partial charge in [0.05, 0.1) is 0 Å². The van der Waals surface area contributed by atoms with Crippen LogP contribution in [-0.2, 0) is 5.41 Å². The van der Waals surface area contributed by atoms with Crippen LogP contribution in [0.25, 0.3) is 0 Å². The Morgan fingerprint density at radius 3 is 2.21 bits per heavy atom. The largest absolute Gasteiger partial charge is 0.297 e. The molecular formula is C10H14F2N2. The van der Waals surface area contributed by atoms with Gasteiger partial charge in [-0.25, -0.2) is 18.7 Å². The number of halogens is 2. The van der Waals surface area contributed by atoms with Gasteiger partial charge < -0.3 is 0 Å². The van der Waals surface area contributed by atoms with Crippen LogP contribution in [0.15, 0.2) is 6.20 Å². The number of hydrogen-bond donors (Lipinski definition) is 0. The van der Waals surface area contributed by atoms with Crippen LogP contribution in [0.2, 0.25) is 0 Å². The number of alkyl halides is 2. The van der Waals surface area contributed by atoms with Crippen LogP contribution in [0.3, 0.4) is 0 Å². The van der Waals surface area contributed by atoms with E-state index in [9.17, 15) is 8.78 Å². The van der Waals surface area contributed by atoms with Gasteiger partial charge >= 0.3 is 0 Å². The van der Waals surface area contributed by atoms with Gasteiger partial charge in [-0.05, 0) is 17.9 Å². The number of aromatic nitrogens is 2. The van der Waals surface area contributed by atoms with E-state index in [1.165, 1.54) is 6.20 Å². The Morgan fingerprint density at radius 2 is 1.86 bits per heavy atom. The molecule has 0 atom stereocenters. The standard InChI is InChI=1S/C10H14F2N2/c1-6-7(10(2,3)4)5-13-9(14-6)8(11)12/h5,8H,1-4H3. The third-order valence-corrected chi connectivity index (χ3v) is 2.00. The molecule has 78 valence electrons. The third kappa shape index (κ3) is 2.25. The summed E-state index contributed by atoms with van der Waals surface area (Å²) >= 11 is 0. The van der Waals surface area contributed by atoms with Crippen LogP contribution >= 0.6 is 0 Å². The van der Waals surface area contributed by atoms with Crippen molar-refractivity contribution in [1.82, 2.24) is 9.97 Å². The average molecular weight is 200 g/mol. The fraction of sp³-hybridized carbons (Fsp3) is 0.600. The average Bonchev–Trinajstić information content (AvgIpc) is 2.01. The van der Waals surface area contributed by atoms with E-state index in [0.717, 1.165) is 5.56 Å². The van der Waals surface area contributed by atoms with Gasteiger partial charge in [0.2, 0.25) is 0 Å². The van der Waals surface area contributed by atoms with E-state index in [0.29, 0.717) is 5.69 Å². The molecule has 0 unspecified atom stereocenters. The summed E-state index contributed by atoms with van der Waals surface area (Å²) < 4.78 is 24.5. The molecule has 0 amide bonds. The van der Waals surface area contributed by atoms with Crippen molar-refractivity contribution in [2.45, 2.75) is 39.5 Å². The lowest BCUT2D eigenvalue weighted by atomic mass is 9.87. The summed E-state index contributed by atoms with van der Waals surface area (Å²) in [6.45, 7) is 7.73. The zero-order chi connectivity index (χ0) is 10.9. The molecule has 1 heterocycles. The first-order valence-electron chi connectivity index (χ1n) is 4.44. The normalized spacial score (nSPS) is 12.2. The molecule has 0 aliphatic rings. The smallest absolute Gasteiger partial charge is 0.236 e.